The molecule has 0 N–H and O–H groups in total. The van der Waals surface area contributed by atoms with Gasteiger partial charge in [0, 0.05) is 0 Å². The molecule has 0 saturated heterocycles. The first-order valence-electron chi connectivity index (χ1n) is 14.7. The molecule has 0 radical (unpaired) electrons. The van der Waals surface area contributed by atoms with E-state index < -0.39 is 0 Å². The van der Waals surface area contributed by atoms with Gasteiger partial charge in [-0.25, -0.2) is 0 Å². The molecule has 31 heavy (non-hydrogen) atoms. The van der Waals surface area contributed by atoms with Crippen molar-refractivity contribution < 1.29 is 0 Å². The molecule has 0 bridgehead atoms. The van der Waals surface area contributed by atoms with Gasteiger partial charge in [-0.3, -0.25) is 0 Å². The minimum absolute atomic E-state index is 1.23. The van der Waals surface area contributed by atoms with Gasteiger partial charge < -0.3 is 0 Å². The SMILES string of the molecule is C=C/C=C/CCCCCCCCCCCCCCCCCCCCCCCCCCC. The van der Waals surface area contributed by atoms with Crippen LogP contribution in [0.5, 0.6) is 0 Å². The summed E-state index contributed by atoms with van der Waals surface area (Å²) in [7, 11) is 0. The van der Waals surface area contributed by atoms with E-state index in [0.717, 1.165) is 0 Å². The lowest BCUT2D eigenvalue weighted by Crippen LogP contribution is -1.84. The van der Waals surface area contributed by atoms with E-state index in [2.05, 4.69) is 25.7 Å². The van der Waals surface area contributed by atoms with Crippen LogP contribution in [-0.4, -0.2) is 0 Å². The van der Waals surface area contributed by atoms with Crippen LogP contribution in [-0.2, 0) is 0 Å². The lowest BCUT2D eigenvalue weighted by molar-refractivity contribution is 0.516. The first-order chi connectivity index (χ1) is 15.4. The molecular formula is C31H60. The molecule has 184 valence electrons. The minimum Gasteiger partial charge on any atom is -0.0991 e. The standard InChI is InChI=1S/C31H60/c1-3-5-7-9-11-13-15-17-19-21-23-25-27-29-31-30-28-26-24-22-20-18-16-14-12-10-8-6-4-2/h3,5,7H,1,4,6,8-31H2,2H3/b7-5+. The van der Waals surface area contributed by atoms with Crippen molar-refractivity contribution in [3.63, 3.8) is 0 Å². The van der Waals surface area contributed by atoms with E-state index in [4.69, 9.17) is 0 Å². The summed E-state index contributed by atoms with van der Waals surface area (Å²) in [6.07, 6.45) is 44.0. The van der Waals surface area contributed by atoms with Crippen molar-refractivity contribution in [2.24, 2.45) is 0 Å². The molecule has 0 aromatic heterocycles. The van der Waals surface area contributed by atoms with Gasteiger partial charge in [0.05, 0.1) is 0 Å². The van der Waals surface area contributed by atoms with Crippen molar-refractivity contribution in [3.8, 4) is 0 Å². The van der Waals surface area contributed by atoms with Gasteiger partial charge in [0.1, 0.15) is 0 Å². The number of hydrogen-bond donors (Lipinski definition) is 0. The quantitative estimate of drug-likeness (QED) is 0.0893. The largest absolute Gasteiger partial charge is 0.0991 e. The Kier molecular flexibility index (Phi) is 29.0. The van der Waals surface area contributed by atoms with Crippen molar-refractivity contribution in [2.75, 3.05) is 0 Å². The van der Waals surface area contributed by atoms with Crippen LogP contribution in [0.3, 0.4) is 0 Å². The van der Waals surface area contributed by atoms with Gasteiger partial charge in [0.15, 0.2) is 0 Å². The molecule has 0 fully saturated rings. The Bertz CT molecular complexity index is 340. The Labute approximate surface area is 198 Å². The highest BCUT2D eigenvalue weighted by atomic mass is 14.0. The molecule has 0 aromatic carbocycles. The van der Waals surface area contributed by atoms with Crippen molar-refractivity contribution in [1.29, 1.82) is 0 Å². The monoisotopic (exact) mass is 432 g/mol. The highest BCUT2D eigenvalue weighted by molar-refractivity contribution is 4.96. The minimum atomic E-state index is 1.23. The molecule has 0 aliphatic carbocycles. The van der Waals surface area contributed by atoms with Gasteiger partial charge in [-0.2, -0.15) is 0 Å². The van der Waals surface area contributed by atoms with E-state index in [9.17, 15) is 0 Å². The van der Waals surface area contributed by atoms with Gasteiger partial charge >= 0.3 is 0 Å². The molecule has 0 spiro atoms. The fourth-order valence-corrected chi connectivity index (χ4v) is 4.59. The zero-order valence-electron chi connectivity index (χ0n) is 21.8. The van der Waals surface area contributed by atoms with Crippen molar-refractivity contribution >= 4 is 0 Å². The molecule has 0 heteroatoms. The fraction of sp³-hybridized carbons (Fsp3) is 0.871. The van der Waals surface area contributed by atoms with Crippen LogP contribution in [0, 0.1) is 0 Å². The van der Waals surface area contributed by atoms with E-state index >= 15 is 0 Å². The maximum Gasteiger partial charge on any atom is -0.0348 e. The molecule has 0 rings (SSSR count). The summed E-state index contributed by atoms with van der Waals surface area (Å²) in [5.41, 5.74) is 0. The molecular weight excluding hydrogens is 372 g/mol. The van der Waals surface area contributed by atoms with E-state index in [1.54, 1.807) is 0 Å². The normalized spacial score (nSPS) is 11.5. The Hall–Kier alpha value is -0.520. The lowest BCUT2D eigenvalue weighted by atomic mass is 10.0. The van der Waals surface area contributed by atoms with Crippen LogP contribution in [0.2, 0.25) is 0 Å². The van der Waals surface area contributed by atoms with Crippen molar-refractivity contribution in [2.45, 2.75) is 174 Å². The first-order valence-corrected chi connectivity index (χ1v) is 14.7. The van der Waals surface area contributed by atoms with Gasteiger partial charge in [0.25, 0.3) is 0 Å². The second kappa shape index (κ2) is 29.5. The number of rotatable bonds is 27. The van der Waals surface area contributed by atoms with E-state index in [0.29, 0.717) is 0 Å². The van der Waals surface area contributed by atoms with Gasteiger partial charge in [-0.15, -0.1) is 0 Å². The van der Waals surface area contributed by atoms with Crippen LogP contribution in [0.4, 0.5) is 0 Å². The van der Waals surface area contributed by atoms with E-state index in [-0.39, 0.29) is 0 Å². The number of unbranched alkanes of at least 4 members (excludes halogenated alkanes) is 25. The summed E-state index contributed by atoms with van der Waals surface area (Å²) in [6, 6.07) is 0. The summed E-state index contributed by atoms with van der Waals surface area (Å²) >= 11 is 0. The fourth-order valence-electron chi connectivity index (χ4n) is 4.59. The summed E-state index contributed by atoms with van der Waals surface area (Å²) in [5.74, 6) is 0. The molecule has 0 heterocycles. The molecule has 0 amide bonds. The van der Waals surface area contributed by atoms with Crippen molar-refractivity contribution in [3.05, 3.63) is 24.8 Å². The molecule has 0 nitrogen and oxygen atoms in total. The average molecular weight is 433 g/mol. The third kappa shape index (κ3) is 29.5. The van der Waals surface area contributed by atoms with Crippen LogP contribution in [0.15, 0.2) is 24.8 Å². The Balaban J connectivity index is 3.00. The predicted octanol–water partition coefficient (Wildman–Crippen LogP) is 11.9. The third-order valence-corrected chi connectivity index (χ3v) is 6.75. The second-order valence-electron chi connectivity index (χ2n) is 9.94. The summed E-state index contributed by atoms with van der Waals surface area (Å²) in [6.45, 7) is 6.01. The number of hydrogen-bond acceptors (Lipinski definition) is 0. The van der Waals surface area contributed by atoms with Crippen molar-refractivity contribution in [1.82, 2.24) is 0 Å². The zero-order chi connectivity index (χ0) is 22.5. The van der Waals surface area contributed by atoms with Crippen LogP contribution in [0.25, 0.3) is 0 Å². The second-order valence-corrected chi connectivity index (χ2v) is 9.94. The maximum atomic E-state index is 3.71. The number of allylic oxidation sites excluding steroid dienone is 3. The average Bonchev–Trinajstić information content (AvgIpc) is 2.78. The van der Waals surface area contributed by atoms with Gasteiger partial charge in [-0.1, -0.05) is 186 Å². The molecule has 0 unspecified atom stereocenters. The van der Waals surface area contributed by atoms with Crippen LogP contribution >= 0.6 is 0 Å². The summed E-state index contributed by atoms with van der Waals surface area (Å²) in [4.78, 5) is 0. The smallest absolute Gasteiger partial charge is 0.0348 e. The Morgan fingerprint density at radius 2 is 0.645 bits per heavy atom. The van der Waals surface area contributed by atoms with Gasteiger partial charge in [0.2, 0.25) is 0 Å². The topological polar surface area (TPSA) is 0 Å². The van der Waals surface area contributed by atoms with Gasteiger partial charge in [-0.05, 0) is 12.8 Å². The zero-order valence-corrected chi connectivity index (χ0v) is 21.8. The lowest BCUT2D eigenvalue weighted by Gasteiger charge is -2.04. The van der Waals surface area contributed by atoms with E-state index in [1.807, 2.05) is 6.08 Å². The Morgan fingerprint density at radius 3 is 0.903 bits per heavy atom. The highest BCUT2D eigenvalue weighted by Crippen LogP contribution is 2.15. The first kappa shape index (κ1) is 30.5. The molecule has 0 saturated carbocycles. The molecule has 0 aromatic rings. The highest BCUT2D eigenvalue weighted by Gasteiger charge is 1.96. The van der Waals surface area contributed by atoms with Crippen LogP contribution in [0.1, 0.15) is 174 Å². The predicted molar refractivity (Wildman–Crippen MR) is 145 cm³/mol. The third-order valence-electron chi connectivity index (χ3n) is 6.75. The van der Waals surface area contributed by atoms with E-state index in [1.165, 1.54) is 167 Å². The summed E-state index contributed by atoms with van der Waals surface area (Å²) in [5, 5.41) is 0. The molecule has 0 aliphatic heterocycles. The Morgan fingerprint density at radius 1 is 0.387 bits per heavy atom. The molecule has 0 aliphatic rings. The molecule has 0 atom stereocenters. The van der Waals surface area contributed by atoms with Crippen LogP contribution < -0.4 is 0 Å². The summed E-state index contributed by atoms with van der Waals surface area (Å²) < 4.78 is 0. The maximum absolute atomic E-state index is 3.71.